The van der Waals surface area contributed by atoms with Crippen molar-refractivity contribution in [1.29, 1.82) is 0 Å². The smallest absolute Gasteiger partial charge is 0.328 e. The van der Waals surface area contributed by atoms with Gasteiger partial charge in [-0.05, 0) is 18.1 Å². The molecule has 0 fully saturated rings. The van der Waals surface area contributed by atoms with E-state index in [-0.39, 0.29) is 5.91 Å². The molecule has 0 radical (unpaired) electrons. The number of alkyl halides is 1. The molecule has 0 aliphatic carbocycles. The average Bonchev–Trinajstić information content (AvgIpc) is 2.38. The van der Waals surface area contributed by atoms with Crippen LogP contribution in [0.1, 0.15) is 25.0 Å². The molecule has 0 aliphatic heterocycles. The molecule has 4 nitrogen and oxygen atoms in total. The van der Waals surface area contributed by atoms with Crippen LogP contribution in [0.3, 0.4) is 0 Å². The van der Waals surface area contributed by atoms with E-state index in [1.807, 2.05) is 24.3 Å². The largest absolute Gasteiger partial charge is 0.464 e. The van der Waals surface area contributed by atoms with Gasteiger partial charge in [0.1, 0.15) is 6.04 Å². The molecular formula is C14H18ClNO3. The number of benzene rings is 1. The van der Waals surface area contributed by atoms with E-state index in [1.165, 1.54) is 6.92 Å². The highest BCUT2D eigenvalue weighted by Gasteiger charge is 2.20. The number of halogens is 1. The number of carbonyl (C=O) groups excluding carboxylic acids is 2. The summed E-state index contributed by atoms with van der Waals surface area (Å²) in [5, 5.41) is 2.60. The zero-order valence-electron chi connectivity index (χ0n) is 11.1. The summed E-state index contributed by atoms with van der Waals surface area (Å²) in [5.74, 6) is -0.220. The number of amides is 1. The summed E-state index contributed by atoms with van der Waals surface area (Å²) in [5.41, 5.74) is 1.96. The molecule has 5 heteroatoms. The zero-order valence-corrected chi connectivity index (χ0v) is 11.9. The topological polar surface area (TPSA) is 55.4 Å². The summed E-state index contributed by atoms with van der Waals surface area (Å²) in [6.45, 7) is 3.40. The highest BCUT2D eigenvalue weighted by Crippen LogP contribution is 2.09. The number of hydrogen-bond acceptors (Lipinski definition) is 3. The molecule has 1 aromatic carbocycles. The highest BCUT2D eigenvalue weighted by atomic mass is 35.5. The Hall–Kier alpha value is -1.55. The third-order valence-electron chi connectivity index (χ3n) is 2.57. The summed E-state index contributed by atoms with van der Waals surface area (Å²) >= 11 is 5.71. The molecule has 1 aromatic rings. The number of carbonyl (C=O) groups is 2. The minimum absolute atomic E-state index is 0.254. The fourth-order valence-electron chi connectivity index (χ4n) is 1.68. The average molecular weight is 284 g/mol. The van der Waals surface area contributed by atoms with Gasteiger partial charge >= 0.3 is 5.97 Å². The van der Waals surface area contributed by atoms with Crippen LogP contribution >= 0.6 is 11.6 Å². The van der Waals surface area contributed by atoms with Crippen molar-refractivity contribution in [3.63, 3.8) is 0 Å². The molecule has 0 aliphatic rings. The van der Waals surface area contributed by atoms with Crippen molar-refractivity contribution < 1.29 is 14.3 Å². The predicted molar refractivity (Wildman–Crippen MR) is 73.9 cm³/mol. The first kappa shape index (κ1) is 15.5. The molecule has 1 rings (SSSR count). The molecule has 0 aromatic heterocycles. The lowest BCUT2D eigenvalue weighted by molar-refractivity contribution is -0.147. The van der Waals surface area contributed by atoms with Crippen LogP contribution < -0.4 is 5.32 Å². The minimum atomic E-state index is -0.653. The van der Waals surface area contributed by atoms with Gasteiger partial charge in [-0.1, -0.05) is 24.3 Å². The lowest BCUT2D eigenvalue weighted by Gasteiger charge is -2.16. The monoisotopic (exact) mass is 283 g/mol. The SMILES string of the molecule is CCOC(=O)[C@@H](Cc1ccc(CCl)cc1)NC(C)=O. The van der Waals surface area contributed by atoms with Crippen molar-refractivity contribution in [2.45, 2.75) is 32.2 Å². The summed E-state index contributed by atoms with van der Waals surface area (Å²) in [7, 11) is 0. The normalized spacial score (nSPS) is 11.7. The number of hydrogen-bond donors (Lipinski definition) is 1. The maximum Gasteiger partial charge on any atom is 0.328 e. The third kappa shape index (κ3) is 5.30. The quantitative estimate of drug-likeness (QED) is 0.642. The van der Waals surface area contributed by atoms with Crippen molar-refractivity contribution in [3.8, 4) is 0 Å². The molecule has 0 spiro atoms. The van der Waals surface area contributed by atoms with Gasteiger partial charge in [0, 0.05) is 19.2 Å². The molecule has 1 atom stereocenters. The molecule has 104 valence electrons. The fourth-order valence-corrected chi connectivity index (χ4v) is 1.86. The molecule has 0 saturated heterocycles. The van der Waals surface area contributed by atoms with Gasteiger partial charge in [0.05, 0.1) is 6.61 Å². The van der Waals surface area contributed by atoms with E-state index in [4.69, 9.17) is 16.3 Å². The number of ether oxygens (including phenoxy) is 1. The second kappa shape index (κ2) is 7.79. The van der Waals surface area contributed by atoms with E-state index in [0.717, 1.165) is 11.1 Å². The van der Waals surface area contributed by atoms with Crippen LogP contribution in [-0.2, 0) is 26.6 Å². The summed E-state index contributed by atoms with van der Waals surface area (Å²) in [4.78, 5) is 22.9. The minimum Gasteiger partial charge on any atom is -0.464 e. The van der Waals surface area contributed by atoms with Crippen molar-refractivity contribution in [2.24, 2.45) is 0 Å². The molecule has 0 unspecified atom stereocenters. The van der Waals surface area contributed by atoms with E-state index in [1.54, 1.807) is 6.92 Å². The molecule has 0 bridgehead atoms. The van der Waals surface area contributed by atoms with Gasteiger partial charge in [0.25, 0.3) is 0 Å². The van der Waals surface area contributed by atoms with Crippen molar-refractivity contribution in [3.05, 3.63) is 35.4 Å². The van der Waals surface area contributed by atoms with Crippen LogP contribution in [0.4, 0.5) is 0 Å². The molecule has 1 amide bonds. The highest BCUT2D eigenvalue weighted by molar-refractivity contribution is 6.17. The Balaban J connectivity index is 2.74. The van der Waals surface area contributed by atoms with Gasteiger partial charge in [-0.15, -0.1) is 11.6 Å². The fraction of sp³-hybridized carbons (Fsp3) is 0.429. The van der Waals surface area contributed by atoms with E-state index >= 15 is 0 Å². The Bertz CT molecular complexity index is 431. The first-order chi connectivity index (χ1) is 9.06. The van der Waals surface area contributed by atoms with Crippen LogP contribution in [0.5, 0.6) is 0 Å². The van der Waals surface area contributed by atoms with Gasteiger partial charge in [0.15, 0.2) is 0 Å². The Morgan fingerprint density at radius 3 is 2.32 bits per heavy atom. The van der Waals surface area contributed by atoms with E-state index in [2.05, 4.69) is 5.32 Å². The van der Waals surface area contributed by atoms with E-state index in [0.29, 0.717) is 18.9 Å². The molecule has 1 N–H and O–H groups in total. The number of nitrogens with one attached hydrogen (secondary N) is 1. The number of rotatable bonds is 6. The van der Waals surface area contributed by atoms with Gasteiger partial charge in [-0.25, -0.2) is 4.79 Å². The Labute approximate surface area is 118 Å². The second-order valence-electron chi connectivity index (χ2n) is 4.16. The lowest BCUT2D eigenvalue weighted by Crippen LogP contribution is -2.42. The number of esters is 1. The Morgan fingerprint density at radius 1 is 1.26 bits per heavy atom. The summed E-state index contributed by atoms with van der Waals surface area (Å²) in [6.07, 6.45) is 0.404. The summed E-state index contributed by atoms with van der Waals surface area (Å²) in [6, 6.07) is 6.94. The molecular weight excluding hydrogens is 266 g/mol. The van der Waals surface area contributed by atoms with Crippen LogP contribution in [0, 0.1) is 0 Å². The standard InChI is InChI=1S/C14H18ClNO3/c1-3-19-14(18)13(16-10(2)17)8-11-4-6-12(9-15)7-5-11/h4-7,13H,3,8-9H2,1-2H3,(H,16,17)/t13-/m1/s1. The second-order valence-corrected chi connectivity index (χ2v) is 4.43. The summed E-state index contributed by atoms with van der Waals surface area (Å²) < 4.78 is 4.95. The predicted octanol–water partition coefficient (Wildman–Crippen LogP) is 2.04. The first-order valence-corrected chi connectivity index (χ1v) is 6.67. The Morgan fingerprint density at radius 2 is 1.84 bits per heavy atom. The van der Waals surface area contributed by atoms with Gasteiger partial charge in [-0.3, -0.25) is 4.79 Å². The van der Waals surface area contributed by atoms with Crippen LogP contribution in [-0.4, -0.2) is 24.5 Å². The Kier molecular flexibility index (Phi) is 6.36. The van der Waals surface area contributed by atoms with Crippen molar-refractivity contribution in [1.82, 2.24) is 5.32 Å². The molecule has 19 heavy (non-hydrogen) atoms. The maximum atomic E-state index is 11.7. The maximum absolute atomic E-state index is 11.7. The third-order valence-corrected chi connectivity index (χ3v) is 2.87. The van der Waals surface area contributed by atoms with Gasteiger partial charge < -0.3 is 10.1 Å². The van der Waals surface area contributed by atoms with Crippen LogP contribution in [0.2, 0.25) is 0 Å². The van der Waals surface area contributed by atoms with Crippen molar-refractivity contribution >= 4 is 23.5 Å². The van der Waals surface area contributed by atoms with Gasteiger partial charge in [-0.2, -0.15) is 0 Å². The first-order valence-electron chi connectivity index (χ1n) is 6.14. The molecule has 0 heterocycles. The zero-order chi connectivity index (χ0) is 14.3. The van der Waals surface area contributed by atoms with E-state index < -0.39 is 12.0 Å². The van der Waals surface area contributed by atoms with Crippen molar-refractivity contribution in [2.75, 3.05) is 6.61 Å². The van der Waals surface area contributed by atoms with E-state index in [9.17, 15) is 9.59 Å². The van der Waals surface area contributed by atoms with Gasteiger partial charge in [0.2, 0.25) is 5.91 Å². The lowest BCUT2D eigenvalue weighted by atomic mass is 10.0. The molecule has 0 saturated carbocycles. The van der Waals surface area contributed by atoms with Crippen LogP contribution in [0.15, 0.2) is 24.3 Å². The van der Waals surface area contributed by atoms with Crippen LogP contribution in [0.25, 0.3) is 0 Å².